The average Bonchev–Trinajstić information content (AvgIpc) is 2.90. The van der Waals surface area contributed by atoms with Gasteiger partial charge in [-0.05, 0) is 17.9 Å². The summed E-state index contributed by atoms with van der Waals surface area (Å²) in [6.45, 7) is 2.72. The number of thiophene rings is 1. The lowest BCUT2D eigenvalue weighted by molar-refractivity contribution is 0.0689. The average molecular weight is 251 g/mol. The van der Waals surface area contributed by atoms with E-state index in [4.69, 9.17) is 5.11 Å². The summed E-state index contributed by atoms with van der Waals surface area (Å²) in [5.74, 6) is -1.01. The van der Waals surface area contributed by atoms with Crippen LogP contribution >= 0.6 is 11.3 Å². The summed E-state index contributed by atoms with van der Waals surface area (Å²) in [5.41, 5.74) is 0.744. The topological polar surface area (TPSA) is 68.0 Å². The summed E-state index contributed by atoms with van der Waals surface area (Å²) in [6.07, 6.45) is 1.48. The first-order valence-corrected chi connectivity index (χ1v) is 6.28. The Balaban J connectivity index is 2.34. The molecule has 90 valence electrons. The summed E-state index contributed by atoms with van der Waals surface area (Å²) in [7, 11) is 0. The lowest BCUT2D eigenvalue weighted by Gasteiger charge is -2.04. The molecule has 0 aromatic carbocycles. The Kier molecular flexibility index (Phi) is 3.53. The molecule has 0 aliphatic rings. The van der Waals surface area contributed by atoms with Gasteiger partial charge in [-0.3, -0.25) is 0 Å². The van der Waals surface area contributed by atoms with Gasteiger partial charge in [0.15, 0.2) is 5.69 Å². The molecule has 0 fully saturated rings. The van der Waals surface area contributed by atoms with Crippen LogP contribution in [0.5, 0.6) is 0 Å². The van der Waals surface area contributed by atoms with Crippen LogP contribution in [0.25, 0.3) is 0 Å². The molecule has 5 nitrogen and oxygen atoms in total. The fourth-order valence-corrected chi connectivity index (χ4v) is 2.35. The highest BCUT2D eigenvalue weighted by molar-refractivity contribution is 7.09. The van der Waals surface area contributed by atoms with Gasteiger partial charge >= 0.3 is 5.97 Å². The minimum absolute atomic E-state index is 0.0619. The molecule has 0 unspecified atom stereocenters. The molecular formula is C11H13N3O2S. The molecule has 2 rings (SSSR count). The maximum Gasteiger partial charge on any atom is 0.358 e. The second-order valence-corrected chi connectivity index (χ2v) is 4.70. The monoisotopic (exact) mass is 251 g/mol. The predicted molar refractivity (Wildman–Crippen MR) is 64.4 cm³/mol. The molecule has 0 spiro atoms. The summed E-state index contributed by atoms with van der Waals surface area (Å²) in [5, 5.41) is 18.7. The third kappa shape index (κ3) is 2.52. The van der Waals surface area contributed by atoms with Crippen LogP contribution in [0.4, 0.5) is 0 Å². The van der Waals surface area contributed by atoms with Crippen molar-refractivity contribution in [1.82, 2.24) is 15.0 Å². The molecule has 2 aromatic rings. The van der Waals surface area contributed by atoms with Crippen molar-refractivity contribution in [3.63, 3.8) is 0 Å². The van der Waals surface area contributed by atoms with Crippen LogP contribution in [-0.4, -0.2) is 26.1 Å². The Morgan fingerprint density at radius 2 is 2.41 bits per heavy atom. The number of carboxylic acids is 1. The number of carboxylic acid groups (broad SMARTS) is 1. The third-order valence-corrected chi connectivity index (χ3v) is 3.27. The molecule has 0 bridgehead atoms. The summed E-state index contributed by atoms with van der Waals surface area (Å²) in [4.78, 5) is 12.2. The third-order valence-electron chi connectivity index (χ3n) is 2.40. The summed E-state index contributed by atoms with van der Waals surface area (Å²) < 4.78 is 1.68. The SMILES string of the molecule is CCCn1nnc(C(=O)O)c1Cc1cccs1. The van der Waals surface area contributed by atoms with Crippen molar-refractivity contribution in [2.24, 2.45) is 0 Å². The van der Waals surface area contributed by atoms with Gasteiger partial charge in [0.2, 0.25) is 0 Å². The van der Waals surface area contributed by atoms with Crippen LogP contribution in [-0.2, 0) is 13.0 Å². The van der Waals surface area contributed by atoms with E-state index in [2.05, 4.69) is 10.3 Å². The summed E-state index contributed by atoms with van der Waals surface area (Å²) in [6, 6.07) is 3.94. The number of aromatic nitrogens is 3. The fourth-order valence-electron chi connectivity index (χ4n) is 1.64. The van der Waals surface area contributed by atoms with Crippen molar-refractivity contribution in [2.75, 3.05) is 0 Å². The molecule has 0 radical (unpaired) electrons. The number of aryl methyl sites for hydroxylation is 1. The molecule has 0 aliphatic heterocycles. The largest absolute Gasteiger partial charge is 0.476 e. The maximum absolute atomic E-state index is 11.1. The minimum atomic E-state index is -1.01. The van der Waals surface area contributed by atoms with Crippen molar-refractivity contribution in [3.8, 4) is 0 Å². The van der Waals surface area contributed by atoms with Crippen LogP contribution in [0, 0.1) is 0 Å². The van der Waals surface area contributed by atoms with Crippen molar-refractivity contribution in [2.45, 2.75) is 26.3 Å². The van der Waals surface area contributed by atoms with Gasteiger partial charge in [0.1, 0.15) is 0 Å². The zero-order valence-corrected chi connectivity index (χ0v) is 10.3. The quantitative estimate of drug-likeness (QED) is 0.883. The minimum Gasteiger partial charge on any atom is -0.476 e. The van der Waals surface area contributed by atoms with Gasteiger partial charge in [0.25, 0.3) is 0 Å². The number of hydrogen-bond acceptors (Lipinski definition) is 4. The van der Waals surface area contributed by atoms with Crippen molar-refractivity contribution in [3.05, 3.63) is 33.8 Å². The molecule has 17 heavy (non-hydrogen) atoms. The van der Waals surface area contributed by atoms with E-state index in [0.29, 0.717) is 18.7 Å². The Bertz CT molecular complexity index is 505. The molecule has 6 heteroatoms. The van der Waals surface area contributed by atoms with Crippen LogP contribution < -0.4 is 0 Å². The highest BCUT2D eigenvalue weighted by Gasteiger charge is 2.18. The van der Waals surface area contributed by atoms with Gasteiger partial charge < -0.3 is 5.11 Å². The standard InChI is InChI=1S/C11H13N3O2S/c1-2-5-14-9(7-8-4-3-6-17-8)10(11(15)16)12-13-14/h3-4,6H,2,5,7H2,1H3,(H,15,16). The first-order chi connectivity index (χ1) is 8.22. The van der Waals surface area contributed by atoms with E-state index in [9.17, 15) is 4.79 Å². The fraction of sp³-hybridized carbons (Fsp3) is 0.364. The molecule has 0 amide bonds. The van der Waals surface area contributed by atoms with Crippen molar-refractivity contribution >= 4 is 17.3 Å². The highest BCUT2D eigenvalue weighted by Crippen LogP contribution is 2.17. The van der Waals surface area contributed by atoms with Crippen LogP contribution in [0.3, 0.4) is 0 Å². The second kappa shape index (κ2) is 5.09. The molecule has 0 saturated heterocycles. The number of aromatic carboxylic acids is 1. The molecule has 2 heterocycles. The van der Waals surface area contributed by atoms with Crippen LogP contribution in [0.2, 0.25) is 0 Å². The van der Waals surface area contributed by atoms with Gasteiger partial charge in [-0.1, -0.05) is 18.2 Å². The first-order valence-electron chi connectivity index (χ1n) is 5.40. The zero-order valence-electron chi connectivity index (χ0n) is 9.46. The first kappa shape index (κ1) is 11.8. The number of rotatable bonds is 5. The predicted octanol–water partition coefficient (Wildman–Crippen LogP) is 2.04. The highest BCUT2D eigenvalue weighted by atomic mass is 32.1. The van der Waals surface area contributed by atoms with E-state index in [1.165, 1.54) is 0 Å². The molecule has 0 atom stereocenters. The zero-order chi connectivity index (χ0) is 12.3. The Morgan fingerprint density at radius 1 is 1.59 bits per heavy atom. The van der Waals surface area contributed by atoms with Gasteiger partial charge in [-0.15, -0.1) is 16.4 Å². The van der Waals surface area contributed by atoms with E-state index in [0.717, 1.165) is 11.3 Å². The van der Waals surface area contributed by atoms with Crippen LogP contribution in [0.1, 0.15) is 34.4 Å². The van der Waals surface area contributed by atoms with Crippen molar-refractivity contribution < 1.29 is 9.90 Å². The number of carbonyl (C=O) groups is 1. The smallest absolute Gasteiger partial charge is 0.358 e. The molecule has 2 aromatic heterocycles. The molecular weight excluding hydrogens is 238 g/mol. The van der Waals surface area contributed by atoms with E-state index >= 15 is 0 Å². The molecule has 0 saturated carbocycles. The normalized spacial score (nSPS) is 10.6. The molecule has 1 N–H and O–H groups in total. The Labute approximate surface area is 103 Å². The van der Waals surface area contributed by atoms with Gasteiger partial charge in [0, 0.05) is 17.8 Å². The number of nitrogens with zero attached hydrogens (tertiary/aromatic N) is 3. The summed E-state index contributed by atoms with van der Waals surface area (Å²) >= 11 is 1.61. The lowest BCUT2D eigenvalue weighted by Crippen LogP contribution is -2.08. The lowest BCUT2D eigenvalue weighted by atomic mass is 10.2. The van der Waals surface area contributed by atoms with E-state index in [1.54, 1.807) is 16.0 Å². The van der Waals surface area contributed by atoms with Gasteiger partial charge in [-0.25, -0.2) is 9.48 Å². The van der Waals surface area contributed by atoms with Gasteiger partial charge in [-0.2, -0.15) is 0 Å². The second-order valence-electron chi connectivity index (χ2n) is 3.67. The Hall–Kier alpha value is -1.69. The maximum atomic E-state index is 11.1. The number of hydrogen-bond donors (Lipinski definition) is 1. The van der Waals surface area contributed by atoms with Crippen molar-refractivity contribution in [1.29, 1.82) is 0 Å². The van der Waals surface area contributed by atoms with E-state index in [1.807, 2.05) is 24.4 Å². The van der Waals surface area contributed by atoms with Crippen LogP contribution in [0.15, 0.2) is 17.5 Å². The van der Waals surface area contributed by atoms with E-state index < -0.39 is 5.97 Å². The Morgan fingerprint density at radius 3 is 3.00 bits per heavy atom. The molecule has 0 aliphatic carbocycles. The van der Waals surface area contributed by atoms with Gasteiger partial charge in [0.05, 0.1) is 5.69 Å². The van der Waals surface area contributed by atoms with E-state index in [-0.39, 0.29) is 5.69 Å².